The van der Waals surface area contributed by atoms with Crippen LogP contribution in [0.4, 0.5) is 0 Å². The van der Waals surface area contributed by atoms with Crippen molar-refractivity contribution in [2.75, 3.05) is 6.61 Å². The molecular weight excluding hydrogens is 142 g/mol. The minimum absolute atomic E-state index is 0.553. The summed E-state index contributed by atoms with van der Waals surface area (Å²) < 4.78 is 5.99. The van der Waals surface area contributed by atoms with Gasteiger partial charge in [-0.15, -0.1) is 0 Å². The molecular formula is C8H7NO2. The van der Waals surface area contributed by atoms with Crippen LogP contribution in [0.5, 0.6) is 5.75 Å². The van der Waals surface area contributed by atoms with Crippen molar-refractivity contribution in [3.05, 3.63) is 35.3 Å². The monoisotopic (exact) mass is 149 g/mol. The Morgan fingerprint density at radius 1 is 1.55 bits per heavy atom. The normalized spacial score (nSPS) is 13.8. The molecule has 1 aliphatic rings. The van der Waals surface area contributed by atoms with Gasteiger partial charge < -0.3 is 9.94 Å². The molecule has 0 aromatic carbocycles. The maximum atomic E-state index is 11.0. The highest BCUT2D eigenvalue weighted by atomic mass is 16.5. The van der Waals surface area contributed by atoms with E-state index in [1.165, 1.54) is 6.20 Å². The van der Waals surface area contributed by atoms with E-state index in [0.29, 0.717) is 18.1 Å². The third-order valence-electron chi connectivity index (χ3n) is 1.57. The van der Waals surface area contributed by atoms with E-state index in [0.717, 1.165) is 4.73 Å². The maximum Gasteiger partial charge on any atom is 0.258 e. The van der Waals surface area contributed by atoms with Crippen LogP contribution in [0.1, 0.15) is 5.69 Å². The summed E-state index contributed by atoms with van der Waals surface area (Å²) in [6.07, 6.45) is 5.04. The predicted octanol–water partition coefficient (Wildman–Crippen LogP) is 0.726. The second-order valence-corrected chi connectivity index (χ2v) is 2.30. The van der Waals surface area contributed by atoms with E-state index in [1.807, 2.05) is 6.08 Å². The first-order chi connectivity index (χ1) is 5.38. The van der Waals surface area contributed by atoms with Gasteiger partial charge in [-0.2, -0.15) is 4.73 Å². The molecule has 1 aromatic heterocycles. The lowest BCUT2D eigenvalue weighted by Gasteiger charge is -2.10. The summed E-state index contributed by atoms with van der Waals surface area (Å²) >= 11 is 0. The second kappa shape index (κ2) is 2.27. The number of nitrogens with zero attached hydrogens (tertiary/aromatic N) is 1. The van der Waals surface area contributed by atoms with Crippen LogP contribution in [0.2, 0.25) is 0 Å². The molecule has 3 nitrogen and oxygen atoms in total. The van der Waals surface area contributed by atoms with E-state index in [1.54, 1.807) is 18.2 Å². The van der Waals surface area contributed by atoms with Crippen LogP contribution in [-0.2, 0) is 0 Å². The molecule has 0 unspecified atom stereocenters. The van der Waals surface area contributed by atoms with E-state index < -0.39 is 0 Å². The molecule has 0 radical (unpaired) electrons. The van der Waals surface area contributed by atoms with Crippen LogP contribution in [-0.4, -0.2) is 6.61 Å². The second-order valence-electron chi connectivity index (χ2n) is 2.30. The summed E-state index contributed by atoms with van der Waals surface area (Å²) in [6, 6.07) is 3.46. The topological polar surface area (TPSA) is 36.2 Å². The summed E-state index contributed by atoms with van der Waals surface area (Å²) in [5.74, 6) is 0.657. The third-order valence-corrected chi connectivity index (χ3v) is 1.57. The van der Waals surface area contributed by atoms with Gasteiger partial charge in [-0.05, 0) is 12.1 Å². The van der Waals surface area contributed by atoms with E-state index in [4.69, 9.17) is 4.74 Å². The Kier molecular flexibility index (Phi) is 1.28. The summed E-state index contributed by atoms with van der Waals surface area (Å²) in [5, 5.41) is 11.0. The summed E-state index contributed by atoms with van der Waals surface area (Å²) in [7, 11) is 0. The van der Waals surface area contributed by atoms with Gasteiger partial charge in [-0.25, -0.2) is 0 Å². The molecule has 1 aromatic rings. The lowest BCUT2D eigenvalue weighted by molar-refractivity contribution is -0.608. The predicted molar refractivity (Wildman–Crippen MR) is 39.9 cm³/mol. The van der Waals surface area contributed by atoms with Crippen molar-refractivity contribution in [1.82, 2.24) is 0 Å². The molecule has 0 spiro atoms. The molecule has 2 rings (SSSR count). The highest BCUT2D eigenvalue weighted by Gasteiger charge is 2.12. The lowest BCUT2D eigenvalue weighted by atomic mass is 10.2. The fraction of sp³-hybridized carbons (Fsp3) is 0.125. The first-order valence-electron chi connectivity index (χ1n) is 3.39. The number of rotatable bonds is 0. The molecule has 0 atom stereocenters. The van der Waals surface area contributed by atoms with Crippen molar-refractivity contribution < 1.29 is 9.47 Å². The molecule has 0 saturated heterocycles. The summed E-state index contributed by atoms with van der Waals surface area (Å²) in [6.45, 7) is 0.553. The zero-order valence-corrected chi connectivity index (χ0v) is 5.86. The first kappa shape index (κ1) is 6.22. The number of fused-ring (bicyclic) bond motifs is 1. The Morgan fingerprint density at radius 3 is 3.27 bits per heavy atom. The minimum atomic E-state index is 0.553. The van der Waals surface area contributed by atoms with Crippen molar-refractivity contribution in [1.29, 1.82) is 0 Å². The van der Waals surface area contributed by atoms with Gasteiger partial charge in [0.2, 0.25) is 0 Å². The van der Waals surface area contributed by atoms with Crippen LogP contribution < -0.4 is 9.47 Å². The zero-order chi connectivity index (χ0) is 7.68. The molecule has 0 bridgehead atoms. The highest BCUT2D eigenvalue weighted by molar-refractivity contribution is 5.51. The molecule has 0 fully saturated rings. The van der Waals surface area contributed by atoms with Gasteiger partial charge in [-0.3, -0.25) is 0 Å². The van der Waals surface area contributed by atoms with Crippen molar-refractivity contribution in [3.8, 4) is 5.75 Å². The highest BCUT2D eigenvalue weighted by Crippen LogP contribution is 2.18. The van der Waals surface area contributed by atoms with Crippen LogP contribution in [0.3, 0.4) is 0 Å². The van der Waals surface area contributed by atoms with Gasteiger partial charge in [0.1, 0.15) is 6.61 Å². The number of hydrogen-bond acceptors (Lipinski definition) is 2. The molecule has 0 aliphatic carbocycles. The number of hydrogen-bond donors (Lipinski definition) is 0. The zero-order valence-electron chi connectivity index (χ0n) is 5.86. The maximum absolute atomic E-state index is 11.0. The minimum Gasteiger partial charge on any atom is -0.618 e. The number of ether oxygens (including phenoxy) is 1. The van der Waals surface area contributed by atoms with Crippen LogP contribution in [0, 0.1) is 5.21 Å². The molecule has 1 aliphatic heterocycles. The van der Waals surface area contributed by atoms with Crippen molar-refractivity contribution in [3.63, 3.8) is 0 Å². The third kappa shape index (κ3) is 0.941. The van der Waals surface area contributed by atoms with Crippen molar-refractivity contribution in [2.45, 2.75) is 0 Å². The van der Waals surface area contributed by atoms with Crippen molar-refractivity contribution >= 4 is 6.08 Å². The van der Waals surface area contributed by atoms with Gasteiger partial charge in [0, 0.05) is 12.1 Å². The Hall–Kier alpha value is -1.51. The SMILES string of the molecule is [O-][n+]1cccc2c1C=CCO2. The molecule has 0 saturated carbocycles. The Morgan fingerprint density at radius 2 is 2.45 bits per heavy atom. The Balaban J connectivity index is 2.60. The smallest absolute Gasteiger partial charge is 0.258 e. The van der Waals surface area contributed by atoms with E-state index in [2.05, 4.69) is 0 Å². The van der Waals surface area contributed by atoms with Gasteiger partial charge in [0.05, 0.1) is 0 Å². The fourth-order valence-corrected chi connectivity index (χ4v) is 1.06. The molecule has 2 heterocycles. The van der Waals surface area contributed by atoms with Crippen LogP contribution >= 0.6 is 0 Å². The largest absolute Gasteiger partial charge is 0.618 e. The molecule has 3 heteroatoms. The lowest BCUT2D eigenvalue weighted by Crippen LogP contribution is -2.30. The Bertz CT molecular complexity index is 307. The quantitative estimate of drug-likeness (QED) is 0.402. The van der Waals surface area contributed by atoms with Crippen LogP contribution in [0.15, 0.2) is 24.4 Å². The summed E-state index contributed by atoms with van der Waals surface area (Å²) in [5.41, 5.74) is 0.582. The van der Waals surface area contributed by atoms with E-state index in [-0.39, 0.29) is 0 Å². The van der Waals surface area contributed by atoms with Crippen LogP contribution in [0.25, 0.3) is 6.08 Å². The van der Waals surface area contributed by atoms with Gasteiger partial charge in [-0.1, -0.05) is 0 Å². The van der Waals surface area contributed by atoms with Gasteiger partial charge in [0.25, 0.3) is 5.69 Å². The number of aromatic nitrogens is 1. The van der Waals surface area contributed by atoms with E-state index in [9.17, 15) is 5.21 Å². The summed E-state index contributed by atoms with van der Waals surface area (Å²) in [4.78, 5) is 0. The molecule has 0 N–H and O–H groups in total. The molecule has 0 amide bonds. The molecule has 11 heavy (non-hydrogen) atoms. The van der Waals surface area contributed by atoms with E-state index >= 15 is 0 Å². The van der Waals surface area contributed by atoms with Crippen molar-refractivity contribution in [2.24, 2.45) is 0 Å². The average Bonchev–Trinajstić information content (AvgIpc) is 2.06. The first-order valence-corrected chi connectivity index (χ1v) is 3.39. The standard InChI is InChI=1S/C8H7NO2/c10-9-5-1-4-8-7(9)3-2-6-11-8/h1-5H,6H2. The van der Waals surface area contributed by atoms with Gasteiger partial charge >= 0.3 is 0 Å². The fourth-order valence-electron chi connectivity index (χ4n) is 1.06. The molecule has 56 valence electrons. The Labute approximate surface area is 64.1 Å². The number of pyridine rings is 1. The average molecular weight is 149 g/mol. The van der Waals surface area contributed by atoms with Gasteiger partial charge in [0.15, 0.2) is 11.9 Å².